The maximum Gasteiger partial charge on any atom is 0.498 e. The number of sulfone groups is 1. The minimum Gasteiger partial charge on any atom is -0.399 e. The van der Waals surface area contributed by atoms with Crippen LogP contribution >= 0.6 is 11.6 Å². The van der Waals surface area contributed by atoms with E-state index in [0.29, 0.717) is 5.46 Å². The van der Waals surface area contributed by atoms with E-state index in [-0.39, 0.29) is 10.0 Å². The van der Waals surface area contributed by atoms with E-state index in [2.05, 4.69) is 4.98 Å². The zero-order valence-corrected chi connectivity index (χ0v) is 13.7. The smallest absolute Gasteiger partial charge is 0.399 e. The van der Waals surface area contributed by atoms with E-state index in [1.54, 1.807) is 0 Å². The Labute approximate surface area is 124 Å². The first kappa shape index (κ1) is 15.8. The molecule has 0 radical (unpaired) electrons. The standard InChI is InChI=1S/C12H17BClNO4S/c1-11(2)12(3,4)19-13(18-11)9-6-8(20(5,16)17)7-15-10(9)14/h6-7H,1-5H3. The molecule has 1 aromatic rings. The van der Waals surface area contributed by atoms with Crippen LogP contribution in [0.3, 0.4) is 0 Å². The first-order valence-corrected chi connectivity index (χ1v) is 8.42. The molecule has 20 heavy (non-hydrogen) atoms. The first-order valence-electron chi connectivity index (χ1n) is 6.15. The van der Waals surface area contributed by atoms with E-state index in [9.17, 15) is 8.42 Å². The molecule has 0 N–H and O–H groups in total. The highest BCUT2D eigenvalue weighted by atomic mass is 35.5. The summed E-state index contributed by atoms with van der Waals surface area (Å²) in [6.07, 6.45) is 2.35. The zero-order valence-electron chi connectivity index (χ0n) is 12.1. The Morgan fingerprint density at radius 1 is 1.20 bits per heavy atom. The fourth-order valence-corrected chi connectivity index (χ4v) is 2.56. The number of hydrogen-bond acceptors (Lipinski definition) is 5. The quantitative estimate of drug-likeness (QED) is 0.610. The van der Waals surface area contributed by atoms with Gasteiger partial charge in [0.05, 0.1) is 16.1 Å². The Kier molecular flexibility index (Phi) is 3.70. The summed E-state index contributed by atoms with van der Waals surface area (Å²) < 4.78 is 34.9. The number of nitrogens with zero attached hydrogens (tertiary/aromatic N) is 1. The van der Waals surface area contributed by atoms with Crippen molar-refractivity contribution in [1.29, 1.82) is 0 Å². The monoisotopic (exact) mass is 317 g/mol. The maximum atomic E-state index is 11.6. The molecular formula is C12H17BClNO4S. The van der Waals surface area contributed by atoms with Crippen LogP contribution in [0.5, 0.6) is 0 Å². The number of aromatic nitrogens is 1. The molecule has 0 aliphatic carbocycles. The van der Waals surface area contributed by atoms with Gasteiger partial charge in [0.1, 0.15) is 5.15 Å². The van der Waals surface area contributed by atoms with Crippen molar-refractivity contribution < 1.29 is 17.7 Å². The topological polar surface area (TPSA) is 65.5 Å². The fourth-order valence-electron chi connectivity index (χ4n) is 1.78. The average Bonchev–Trinajstić information content (AvgIpc) is 2.46. The summed E-state index contributed by atoms with van der Waals surface area (Å²) in [5, 5.41) is 0.177. The lowest BCUT2D eigenvalue weighted by Gasteiger charge is -2.32. The Bertz CT molecular complexity index is 629. The summed E-state index contributed by atoms with van der Waals surface area (Å²) in [6, 6.07) is 1.45. The Hall–Kier alpha value is -0.625. The molecule has 0 bridgehead atoms. The minimum absolute atomic E-state index is 0.0895. The van der Waals surface area contributed by atoms with Gasteiger partial charge < -0.3 is 9.31 Å². The molecule has 0 unspecified atom stereocenters. The third kappa shape index (κ3) is 2.72. The average molecular weight is 318 g/mol. The van der Waals surface area contributed by atoms with Crippen LogP contribution in [0.4, 0.5) is 0 Å². The van der Waals surface area contributed by atoms with Crippen LogP contribution < -0.4 is 5.46 Å². The summed E-state index contributed by atoms with van der Waals surface area (Å²) in [6.45, 7) is 7.65. The van der Waals surface area contributed by atoms with Gasteiger partial charge in [-0.05, 0) is 33.8 Å². The zero-order chi connectivity index (χ0) is 15.3. The Morgan fingerprint density at radius 2 is 1.70 bits per heavy atom. The summed E-state index contributed by atoms with van der Waals surface area (Å²) in [4.78, 5) is 4.00. The molecule has 1 fully saturated rings. The first-order chi connectivity index (χ1) is 8.94. The second-order valence-electron chi connectivity index (χ2n) is 5.91. The van der Waals surface area contributed by atoms with Gasteiger partial charge in [0.25, 0.3) is 0 Å². The highest BCUT2D eigenvalue weighted by Gasteiger charge is 2.52. The van der Waals surface area contributed by atoms with Gasteiger partial charge in [0.15, 0.2) is 9.84 Å². The number of hydrogen-bond donors (Lipinski definition) is 0. The van der Waals surface area contributed by atoms with Crippen LogP contribution in [0.1, 0.15) is 27.7 Å². The Balaban J connectivity index is 2.45. The molecule has 5 nitrogen and oxygen atoms in total. The summed E-state index contributed by atoms with van der Waals surface area (Å²) in [5.41, 5.74) is -0.627. The fraction of sp³-hybridized carbons (Fsp3) is 0.583. The van der Waals surface area contributed by atoms with Crippen LogP contribution in [0.15, 0.2) is 17.2 Å². The lowest BCUT2D eigenvalue weighted by molar-refractivity contribution is 0.00578. The van der Waals surface area contributed by atoms with Crippen molar-refractivity contribution in [3.63, 3.8) is 0 Å². The predicted octanol–water partition coefficient (Wildman–Crippen LogP) is 1.44. The molecule has 0 amide bonds. The van der Waals surface area contributed by atoms with Gasteiger partial charge in [0, 0.05) is 17.9 Å². The van der Waals surface area contributed by atoms with Crippen LogP contribution in [0.25, 0.3) is 0 Å². The molecule has 0 spiro atoms. The molecule has 1 aliphatic rings. The van der Waals surface area contributed by atoms with E-state index < -0.39 is 28.2 Å². The molecule has 2 heterocycles. The SMILES string of the molecule is CC1(C)OB(c2cc(S(C)(=O)=O)cnc2Cl)OC1(C)C. The van der Waals surface area contributed by atoms with E-state index in [4.69, 9.17) is 20.9 Å². The number of rotatable bonds is 2. The van der Waals surface area contributed by atoms with Crippen molar-refractivity contribution in [3.8, 4) is 0 Å². The summed E-state index contributed by atoms with van der Waals surface area (Å²) in [5.74, 6) is 0. The molecule has 2 rings (SSSR count). The van der Waals surface area contributed by atoms with Crippen molar-refractivity contribution in [2.45, 2.75) is 43.8 Å². The van der Waals surface area contributed by atoms with E-state index in [1.807, 2.05) is 27.7 Å². The highest BCUT2D eigenvalue weighted by Crippen LogP contribution is 2.36. The van der Waals surface area contributed by atoms with Gasteiger partial charge in [-0.3, -0.25) is 0 Å². The van der Waals surface area contributed by atoms with Crippen molar-refractivity contribution in [1.82, 2.24) is 4.98 Å². The van der Waals surface area contributed by atoms with Crippen molar-refractivity contribution in [2.24, 2.45) is 0 Å². The van der Waals surface area contributed by atoms with Crippen LogP contribution in [0, 0.1) is 0 Å². The normalized spacial score (nSPS) is 21.2. The maximum absolute atomic E-state index is 11.6. The second kappa shape index (κ2) is 4.69. The van der Waals surface area contributed by atoms with Crippen LogP contribution in [0.2, 0.25) is 5.15 Å². The highest BCUT2D eigenvalue weighted by molar-refractivity contribution is 7.90. The molecule has 8 heteroatoms. The molecule has 110 valence electrons. The van der Waals surface area contributed by atoms with Gasteiger partial charge >= 0.3 is 7.12 Å². The molecule has 1 saturated heterocycles. The number of halogens is 1. The summed E-state index contributed by atoms with van der Waals surface area (Å²) >= 11 is 6.05. The van der Waals surface area contributed by atoms with Crippen LogP contribution in [-0.2, 0) is 19.1 Å². The van der Waals surface area contributed by atoms with Gasteiger partial charge in [-0.25, -0.2) is 13.4 Å². The van der Waals surface area contributed by atoms with Crippen molar-refractivity contribution >= 4 is 34.0 Å². The lowest BCUT2D eigenvalue weighted by atomic mass is 9.80. The van der Waals surface area contributed by atoms with Gasteiger partial charge in [0.2, 0.25) is 0 Å². The molecule has 1 aliphatic heterocycles. The van der Waals surface area contributed by atoms with E-state index >= 15 is 0 Å². The number of pyridine rings is 1. The molecule has 0 aromatic carbocycles. The van der Waals surface area contributed by atoms with Gasteiger partial charge in [-0.2, -0.15) is 0 Å². The Morgan fingerprint density at radius 3 is 2.15 bits per heavy atom. The van der Waals surface area contributed by atoms with Gasteiger partial charge in [-0.15, -0.1) is 0 Å². The predicted molar refractivity (Wildman–Crippen MR) is 78.1 cm³/mol. The molecule has 0 atom stereocenters. The minimum atomic E-state index is -3.36. The van der Waals surface area contributed by atoms with Gasteiger partial charge in [-0.1, -0.05) is 11.6 Å². The molecular weight excluding hydrogens is 300 g/mol. The van der Waals surface area contributed by atoms with E-state index in [1.165, 1.54) is 12.3 Å². The second-order valence-corrected chi connectivity index (χ2v) is 8.29. The van der Waals surface area contributed by atoms with E-state index in [0.717, 1.165) is 6.26 Å². The van der Waals surface area contributed by atoms with Crippen molar-refractivity contribution in [3.05, 3.63) is 17.4 Å². The summed E-state index contributed by atoms with van der Waals surface area (Å²) in [7, 11) is -4.10. The largest absolute Gasteiger partial charge is 0.498 e. The molecule has 1 aromatic heterocycles. The van der Waals surface area contributed by atoms with Crippen molar-refractivity contribution in [2.75, 3.05) is 6.26 Å². The third-order valence-corrected chi connectivity index (χ3v) is 5.17. The third-order valence-electron chi connectivity index (χ3n) is 3.78. The van der Waals surface area contributed by atoms with Crippen LogP contribution in [-0.4, -0.2) is 38.0 Å². The lowest BCUT2D eigenvalue weighted by Crippen LogP contribution is -2.41. The molecule has 0 saturated carbocycles.